The minimum absolute atomic E-state index is 0. The molecule has 0 aliphatic heterocycles. The number of ether oxygens (including phenoxy) is 2. The van der Waals surface area contributed by atoms with Crippen LogP contribution in [-0.4, -0.2) is 30.7 Å². The minimum Gasteiger partial charge on any atom is -0.506 e. The molecule has 0 aliphatic rings. The van der Waals surface area contributed by atoms with Crippen LogP contribution in [0.2, 0.25) is 5.02 Å². The Morgan fingerprint density at radius 1 is 1.52 bits per heavy atom. The fraction of sp³-hybridized carbons (Fsp3) is 0.417. The molecular formula is C12H15Cl2F2NO4. The van der Waals surface area contributed by atoms with Crippen molar-refractivity contribution in [2.75, 3.05) is 13.7 Å². The van der Waals surface area contributed by atoms with E-state index in [0.29, 0.717) is 0 Å². The predicted octanol–water partition coefficient (Wildman–Crippen LogP) is 2.67. The Hall–Kier alpha value is -1.31. The summed E-state index contributed by atoms with van der Waals surface area (Å²) in [6.07, 6.45) is 0. The first kappa shape index (κ1) is 19.7. The molecule has 5 nitrogen and oxygen atoms in total. The Morgan fingerprint density at radius 2 is 2.10 bits per heavy atom. The summed E-state index contributed by atoms with van der Waals surface area (Å²) in [4.78, 5) is 11.3. The van der Waals surface area contributed by atoms with E-state index in [1.54, 1.807) is 0 Å². The van der Waals surface area contributed by atoms with Crippen molar-refractivity contribution in [2.24, 2.45) is 5.73 Å². The molecule has 1 atom stereocenters. The first-order chi connectivity index (χ1) is 9.27. The summed E-state index contributed by atoms with van der Waals surface area (Å²) < 4.78 is 36.9. The lowest BCUT2D eigenvalue weighted by Crippen LogP contribution is -2.42. The van der Waals surface area contributed by atoms with Gasteiger partial charge in [0.15, 0.2) is 0 Å². The van der Waals surface area contributed by atoms with Crippen molar-refractivity contribution < 1.29 is 28.2 Å². The van der Waals surface area contributed by atoms with E-state index in [1.165, 1.54) is 26.2 Å². The highest BCUT2D eigenvalue weighted by molar-refractivity contribution is 6.32. The quantitative estimate of drug-likeness (QED) is 0.801. The van der Waals surface area contributed by atoms with Gasteiger partial charge in [-0.25, -0.2) is 4.79 Å². The number of nitrogens with two attached hydrogens (primary N) is 1. The fourth-order valence-corrected chi connectivity index (χ4v) is 1.74. The number of benzene rings is 1. The molecule has 0 saturated carbocycles. The molecular weight excluding hydrogens is 331 g/mol. The van der Waals surface area contributed by atoms with Gasteiger partial charge in [0.2, 0.25) is 0 Å². The summed E-state index contributed by atoms with van der Waals surface area (Å²) in [5.41, 5.74) is 4.94. The van der Waals surface area contributed by atoms with Gasteiger partial charge in [0.1, 0.15) is 17.5 Å². The van der Waals surface area contributed by atoms with E-state index in [2.05, 4.69) is 4.74 Å². The van der Waals surface area contributed by atoms with Gasteiger partial charge >= 0.3 is 11.9 Å². The Labute approximate surface area is 131 Å². The number of carbonyl (C=O) groups excluding carboxylic acids is 1. The number of phenolic OH excluding ortho intramolecular Hbond substituents is 1. The highest BCUT2D eigenvalue weighted by Gasteiger charge is 2.49. The number of aromatic hydroxyl groups is 1. The summed E-state index contributed by atoms with van der Waals surface area (Å²) in [6, 6.07) is 0.364. The number of hydrogen-bond donors (Lipinski definition) is 2. The van der Waals surface area contributed by atoms with Crippen LogP contribution in [0.15, 0.2) is 12.1 Å². The molecule has 1 aromatic carbocycles. The van der Waals surface area contributed by atoms with Crippen molar-refractivity contribution in [1.29, 1.82) is 0 Å². The Bertz CT molecular complexity index is 514. The molecule has 0 unspecified atom stereocenters. The Balaban J connectivity index is 0.00000400. The topological polar surface area (TPSA) is 81.8 Å². The number of esters is 1. The van der Waals surface area contributed by atoms with Crippen LogP contribution in [0.4, 0.5) is 8.78 Å². The molecule has 0 bridgehead atoms. The van der Waals surface area contributed by atoms with E-state index in [1.807, 2.05) is 0 Å². The zero-order valence-electron chi connectivity index (χ0n) is 11.2. The lowest BCUT2D eigenvalue weighted by atomic mass is 9.99. The molecule has 0 aromatic heterocycles. The van der Waals surface area contributed by atoms with Gasteiger partial charge < -0.3 is 20.3 Å². The standard InChI is InChI=1S/C12H14ClF2NO4.ClH/c1-3-20-11(18)12(14,15)10(16)8-7(19-2)5-4-6(13)9(8)17;/h4-5,10,17H,3,16H2,1-2H3;1H/t10-;/m0./s1. The molecule has 0 radical (unpaired) electrons. The minimum atomic E-state index is -4.04. The average molecular weight is 346 g/mol. The molecule has 21 heavy (non-hydrogen) atoms. The number of methoxy groups -OCH3 is 1. The molecule has 1 rings (SSSR count). The second kappa shape index (κ2) is 7.63. The van der Waals surface area contributed by atoms with E-state index in [4.69, 9.17) is 22.1 Å². The van der Waals surface area contributed by atoms with Gasteiger partial charge in [-0.05, 0) is 19.1 Å². The van der Waals surface area contributed by atoms with Crippen LogP contribution in [0, 0.1) is 0 Å². The van der Waals surface area contributed by atoms with Crippen LogP contribution >= 0.6 is 24.0 Å². The highest BCUT2D eigenvalue weighted by Crippen LogP contribution is 2.43. The SMILES string of the molecule is CCOC(=O)C(F)(F)[C@@H](N)c1c(OC)ccc(Cl)c1O.Cl. The molecule has 0 aliphatic carbocycles. The van der Waals surface area contributed by atoms with Gasteiger partial charge in [-0.15, -0.1) is 12.4 Å². The lowest BCUT2D eigenvalue weighted by Gasteiger charge is -2.24. The van der Waals surface area contributed by atoms with E-state index in [-0.39, 0.29) is 29.8 Å². The number of rotatable bonds is 5. The summed E-state index contributed by atoms with van der Waals surface area (Å²) in [7, 11) is 1.21. The zero-order chi connectivity index (χ0) is 15.5. The summed E-state index contributed by atoms with van der Waals surface area (Å²) in [5, 5.41) is 9.59. The maximum Gasteiger partial charge on any atom is 0.379 e. The maximum atomic E-state index is 13.9. The third kappa shape index (κ3) is 3.87. The van der Waals surface area contributed by atoms with Crippen molar-refractivity contribution in [3.05, 3.63) is 22.7 Å². The smallest absolute Gasteiger partial charge is 0.379 e. The van der Waals surface area contributed by atoms with Crippen LogP contribution in [0.5, 0.6) is 11.5 Å². The largest absolute Gasteiger partial charge is 0.506 e. The summed E-state index contributed by atoms with van der Waals surface area (Å²) in [5.74, 6) is -6.59. The third-order valence-electron chi connectivity index (χ3n) is 2.60. The van der Waals surface area contributed by atoms with Gasteiger partial charge in [0.05, 0.1) is 24.3 Å². The van der Waals surface area contributed by atoms with Crippen LogP contribution in [0.25, 0.3) is 0 Å². The van der Waals surface area contributed by atoms with Gasteiger partial charge in [-0.3, -0.25) is 0 Å². The van der Waals surface area contributed by atoms with Gasteiger partial charge in [0, 0.05) is 0 Å². The van der Waals surface area contributed by atoms with Gasteiger partial charge in [-0.2, -0.15) is 8.78 Å². The molecule has 0 saturated heterocycles. The summed E-state index contributed by atoms with van der Waals surface area (Å²) >= 11 is 5.66. The van der Waals surface area contributed by atoms with Gasteiger partial charge in [0.25, 0.3) is 0 Å². The molecule has 1 aromatic rings. The number of hydrogen-bond acceptors (Lipinski definition) is 5. The van der Waals surface area contributed by atoms with Crippen molar-refractivity contribution in [2.45, 2.75) is 18.9 Å². The number of alkyl halides is 2. The molecule has 0 fully saturated rings. The van der Waals surface area contributed by atoms with Crippen LogP contribution in [0.3, 0.4) is 0 Å². The second-order valence-electron chi connectivity index (χ2n) is 3.83. The summed E-state index contributed by atoms with van der Waals surface area (Å²) in [6.45, 7) is 1.16. The zero-order valence-corrected chi connectivity index (χ0v) is 12.8. The Morgan fingerprint density at radius 3 is 2.57 bits per heavy atom. The highest BCUT2D eigenvalue weighted by atomic mass is 35.5. The van der Waals surface area contributed by atoms with Crippen molar-refractivity contribution in [1.82, 2.24) is 0 Å². The molecule has 0 amide bonds. The fourth-order valence-electron chi connectivity index (χ4n) is 1.58. The monoisotopic (exact) mass is 345 g/mol. The Kier molecular flexibility index (Phi) is 7.15. The lowest BCUT2D eigenvalue weighted by molar-refractivity contribution is -0.174. The predicted molar refractivity (Wildman–Crippen MR) is 75.4 cm³/mol. The van der Waals surface area contributed by atoms with Crippen molar-refractivity contribution in [3.8, 4) is 11.5 Å². The average Bonchev–Trinajstić information content (AvgIpc) is 2.41. The van der Waals surface area contributed by atoms with E-state index >= 15 is 0 Å². The number of phenols is 1. The van der Waals surface area contributed by atoms with Crippen LogP contribution < -0.4 is 10.5 Å². The first-order valence-corrected chi connectivity index (χ1v) is 6.01. The van der Waals surface area contributed by atoms with Gasteiger partial charge in [-0.1, -0.05) is 11.6 Å². The van der Waals surface area contributed by atoms with Crippen molar-refractivity contribution in [3.63, 3.8) is 0 Å². The van der Waals surface area contributed by atoms with E-state index in [0.717, 1.165) is 0 Å². The molecule has 3 N–H and O–H groups in total. The second-order valence-corrected chi connectivity index (χ2v) is 4.24. The van der Waals surface area contributed by atoms with Crippen LogP contribution in [0.1, 0.15) is 18.5 Å². The number of halogens is 4. The van der Waals surface area contributed by atoms with Crippen LogP contribution in [-0.2, 0) is 9.53 Å². The molecule has 120 valence electrons. The van der Waals surface area contributed by atoms with Crippen molar-refractivity contribution >= 4 is 30.0 Å². The first-order valence-electron chi connectivity index (χ1n) is 5.63. The molecule has 9 heteroatoms. The number of carbonyl (C=O) groups is 1. The molecule has 0 spiro atoms. The van der Waals surface area contributed by atoms with E-state index < -0.39 is 29.2 Å². The normalized spacial score (nSPS) is 12.3. The maximum absolute atomic E-state index is 13.9. The van der Waals surface area contributed by atoms with E-state index in [9.17, 15) is 18.7 Å². The molecule has 0 heterocycles. The third-order valence-corrected chi connectivity index (χ3v) is 2.90.